The Bertz CT molecular complexity index is 4320. The molecular formula is C90H96O24. The molecule has 0 unspecified atom stereocenters. The van der Waals surface area contributed by atoms with Gasteiger partial charge in [-0.15, -0.1) is 0 Å². The van der Waals surface area contributed by atoms with Crippen molar-refractivity contribution in [3.8, 4) is 57.5 Å². The van der Waals surface area contributed by atoms with Gasteiger partial charge in [0.1, 0.15) is 70.7 Å². The van der Waals surface area contributed by atoms with Crippen molar-refractivity contribution < 1.29 is 114 Å². The second-order valence-corrected chi connectivity index (χ2v) is 23.5. The number of ether oxygens (including phenoxy) is 14. The van der Waals surface area contributed by atoms with E-state index in [1.807, 2.05) is 27.7 Å². The molecule has 600 valence electrons. The van der Waals surface area contributed by atoms with Gasteiger partial charge in [0.2, 0.25) is 0 Å². The van der Waals surface area contributed by atoms with Crippen LogP contribution in [0.25, 0.3) is 0 Å². The summed E-state index contributed by atoms with van der Waals surface area (Å²) in [7, 11) is 0. The summed E-state index contributed by atoms with van der Waals surface area (Å²) >= 11 is 0. The monoisotopic (exact) mass is 1560 g/mol. The Labute approximate surface area is 664 Å². The normalized spacial score (nSPS) is 10.1. The van der Waals surface area contributed by atoms with Crippen LogP contribution in [-0.2, 0) is 38.1 Å². The number of rotatable bonds is 44. The molecule has 0 saturated carbocycles. The molecule has 0 fully saturated rings. The molecule has 0 aromatic heterocycles. The van der Waals surface area contributed by atoms with Crippen molar-refractivity contribution in [3.63, 3.8) is 0 Å². The zero-order chi connectivity index (χ0) is 82.5. The van der Waals surface area contributed by atoms with Gasteiger partial charge in [-0.25, -0.2) is 47.9 Å². The maximum atomic E-state index is 12.8. The Kier molecular flexibility index (Phi) is 42.8. The number of hydrogen-bond donors (Lipinski definition) is 0. The largest absolute Gasteiger partial charge is 0.494 e. The molecule has 24 nitrogen and oxygen atoms in total. The molecule has 114 heavy (non-hydrogen) atoms. The summed E-state index contributed by atoms with van der Waals surface area (Å²) in [5.41, 5.74) is 1.74. The Morgan fingerprint density at radius 1 is 0.202 bits per heavy atom. The quantitative estimate of drug-likeness (QED) is 0.0113. The summed E-state index contributed by atoms with van der Waals surface area (Å²) in [4.78, 5) is 120. The molecule has 0 aliphatic carbocycles. The lowest BCUT2D eigenvalue weighted by atomic mass is 10.2. The van der Waals surface area contributed by atoms with E-state index in [1.54, 1.807) is 84.9 Å². The van der Waals surface area contributed by atoms with Gasteiger partial charge in [-0.2, -0.15) is 0 Å². The second kappa shape index (κ2) is 53.5. The van der Waals surface area contributed by atoms with E-state index < -0.39 is 59.7 Å². The van der Waals surface area contributed by atoms with E-state index in [2.05, 4.69) is 26.3 Å². The van der Waals surface area contributed by atoms with Gasteiger partial charge < -0.3 is 66.3 Å². The fraction of sp³-hybridized carbons (Fsp3) is 0.267. The number of hydrogen-bond acceptors (Lipinski definition) is 24. The van der Waals surface area contributed by atoms with Crippen LogP contribution in [-0.4, -0.2) is 113 Å². The SMILES string of the molecule is C=CC(=O)OCCCCCCOc1ccc(C(=O)Oc2ccc(OC(=O)c3ccc(OC(=O)c4ccc(OCCCCCCOC(=O)C=C)cc4)cc3)cc2)cc1.C=CC(=O)OCCCCCCOc1ccc(C(=O)Oc2ccc(OC(=O)c3ccc(OC(=O)c4ccc(OCCOC(=O)C=C)cc4)cc3)cc2)cc1.CC.CC. The molecule has 0 heterocycles. The van der Waals surface area contributed by atoms with Crippen LogP contribution in [0.3, 0.4) is 0 Å². The van der Waals surface area contributed by atoms with E-state index in [-0.39, 0.29) is 64.4 Å². The number of unbranched alkanes of at least 4 members (excludes halogenated alkanes) is 9. The van der Waals surface area contributed by atoms with Crippen molar-refractivity contribution >= 4 is 59.7 Å². The predicted octanol–water partition coefficient (Wildman–Crippen LogP) is 17.9. The van der Waals surface area contributed by atoms with Gasteiger partial charge in [0.05, 0.1) is 73.0 Å². The minimum atomic E-state index is -0.642. The third-order valence-corrected chi connectivity index (χ3v) is 15.4. The fourth-order valence-electron chi connectivity index (χ4n) is 9.51. The van der Waals surface area contributed by atoms with Gasteiger partial charge >= 0.3 is 59.7 Å². The topological polar surface area (TPSA) is 300 Å². The first-order valence-electron chi connectivity index (χ1n) is 37.3. The third kappa shape index (κ3) is 35.5. The number of carbonyl (C=O) groups excluding carboxylic acids is 10. The summed E-state index contributed by atoms with van der Waals surface area (Å²) in [5.74, 6) is -1.54. The van der Waals surface area contributed by atoms with E-state index in [4.69, 9.17) is 66.3 Å². The van der Waals surface area contributed by atoms with Crippen LogP contribution in [0.4, 0.5) is 0 Å². The van der Waals surface area contributed by atoms with Crippen LogP contribution in [0.5, 0.6) is 57.5 Å². The molecule has 8 aromatic rings. The average molecular weight is 1560 g/mol. The van der Waals surface area contributed by atoms with Gasteiger partial charge in [-0.1, -0.05) is 54.0 Å². The lowest BCUT2D eigenvalue weighted by Crippen LogP contribution is -2.11. The minimum Gasteiger partial charge on any atom is -0.494 e. The summed E-state index contributed by atoms with van der Waals surface area (Å²) in [6.45, 7) is 24.3. The Morgan fingerprint density at radius 2 is 0.351 bits per heavy atom. The molecule has 0 bridgehead atoms. The van der Waals surface area contributed by atoms with Crippen LogP contribution in [0.1, 0.15) is 167 Å². The first-order valence-corrected chi connectivity index (χ1v) is 37.3. The average Bonchev–Trinajstić information content (AvgIpc) is 0.852. The fourth-order valence-corrected chi connectivity index (χ4v) is 9.51. The van der Waals surface area contributed by atoms with Gasteiger partial charge in [-0.05, 0) is 271 Å². The number of carbonyl (C=O) groups is 10. The highest BCUT2D eigenvalue weighted by molar-refractivity contribution is 5.95. The zero-order valence-corrected chi connectivity index (χ0v) is 64.6. The number of benzene rings is 8. The molecule has 0 radical (unpaired) electrons. The highest BCUT2D eigenvalue weighted by atomic mass is 16.6. The van der Waals surface area contributed by atoms with Crippen molar-refractivity contribution in [1.29, 1.82) is 0 Å². The second-order valence-electron chi connectivity index (χ2n) is 23.5. The zero-order valence-electron chi connectivity index (χ0n) is 64.6. The minimum absolute atomic E-state index is 0.0558. The molecule has 8 rings (SSSR count). The molecule has 0 spiro atoms. The van der Waals surface area contributed by atoms with Crippen molar-refractivity contribution in [1.82, 2.24) is 0 Å². The summed E-state index contributed by atoms with van der Waals surface area (Å²) < 4.78 is 75.0. The highest BCUT2D eigenvalue weighted by Crippen LogP contribution is 2.26. The van der Waals surface area contributed by atoms with E-state index >= 15 is 0 Å². The van der Waals surface area contributed by atoms with Crippen LogP contribution < -0.4 is 47.4 Å². The smallest absolute Gasteiger partial charge is 0.343 e. The Balaban J connectivity index is 0.000000391. The lowest BCUT2D eigenvalue weighted by molar-refractivity contribution is -0.139. The van der Waals surface area contributed by atoms with Crippen LogP contribution in [0.2, 0.25) is 0 Å². The van der Waals surface area contributed by atoms with Crippen molar-refractivity contribution in [2.24, 2.45) is 0 Å². The molecule has 24 heteroatoms. The maximum Gasteiger partial charge on any atom is 0.343 e. The lowest BCUT2D eigenvalue weighted by Gasteiger charge is -2.09. The van der Waals surface area contributed by atoms with Gasteiger partial charge in [-0.3, -0.25) is 0 Å². The van der Waals surface area contributed by atoms with E-state index in [1.165, 1.54) is 109 Å². The molecule has 8 aromatic carbocycles. The summed E-state index contributed by atoms with van der Waals surface area (Å²) in [6, 6.07) is 49.9. The molecule has 0 atom stereocenters. The molecule has 0 N–H and O–H groups in total. The summed E-state index contributed by atoms with van der Waals surface area (Å²) in [6.07, 6.45) is 14.9. The highest BCUT2D eigenvalue weighted by Gasteiger charge is 2.18. The van der Waals surface area contributed by atoms with Crippen LogP contribution in [0, 0.1) is 0 Å². The molecular weight excluding hydrogens is 1460 g/mol. The molecule has 0 saturated heterocycles. The molecule has 0 aliphatic heterocycles. The van der Waals surface area contributed by atoms with Gasteiger partial charge in [0.15, 0.2) is 0 Å². The first-order chi connectivity index (χ1) is 55.5. The molecule has 0 amide bonds. The third-order valence-electron chi connectivity index (χ3n) is 15.4. The van der Waals surface area contributed by atoms with Gasteiger partial charge in [0.25, 0.3) is 0 Å². The predicted molar refractivity (Wildman–Crippen MR) is 426 cm³/mol. The first kappa shape index (κ1) is 91.2. The Morgan fingerprint density at radius 3 is 0.535 bits per heavy atom. The maximum absolute atomic E-state index is 12.8. The van der Waals surface area contributed by atoms with Crippen LogP contribution >= 0.6 is 0 Å². The standard InChI is InChI=1S/C45H46O12.C41H38O12.2C2H6/c1-3-41(46)53-31-11-7-5-9-29-51-36-19-13-33(14-20-36)43(48)55-38-23-17-35(18-24-38)45(50)57-40-27-25-39(26-28-40)56-44(49)34-15-21-37(22-16-34)52-30-10-6-8-12-32-54-42(47)4-2;1-3-37(42)49-26-8-6-5-7-25-47-32-15-9-29(10-16-32)40(45)52-35-21-23-36(24-22-35)53-41(46)31-13-19-34(20-14-31)51-39(44)30-11-17-33(18-12-30)48-27-28-50-38(43)4-2;2*1-2/h3-4,13-28H,1-2,5-12,29-32H2;3-4,9-24H,1-2,5-8,25-28H2;2*1-2H3. The van der Waals surface area contributed by atoms with Crippen LogP contribution in [0.15, 0.2) is 245 Å². The van der Waals surface area contributed by atoms with Crippen molar-refractivity contribution in [2.75, 3.05) is 52.9 Å². The summed E-state index contributed by atoms with van der Waals surface area (Å²) in [5, 5.41) is 0. The van der Waals surface area contributed by atoms with Crippen molar-refractivity contribution in [3.05, 3.63) is 278 Å². The Hall–Kier alpha value is -13.4. The van der Waals surface area contributed by atoms with E-state index in [9.17, 15) is 47.9 Å². The number of esters is 10. The van der Waals surface area contributed by atoms with Crippen molar-refractivity contribution in [2.45, 2.75) is 105 Å². The van der Waals surface area contributed by atoms with Gasteiger partial charge in [0, 0.05) is 24.3 Å². The molecule has 0 aliphatic rings. The van der Waals surface area contributed by atoms with E-state index in [0.717, 1.165) is 101 Å². The van der Waals surface area contributed by atoms with E-state index in [0.29, 0.717) is 79.3 Å².